The number of aliphatic hydroxyl groups excluding tert-OH is 1. The van der Waals surface area contributed by atoms with Gasteiger partial charge >= 0.3 is 0 Å². The second-order valence-electron chi connectivity index (χ2n) is 6.92. The molecule has 0 radical (unpaired) electrons. The number of methoxy groups -OCH3 is 3. The smallest absolute Gasteiger partial charge is 0.198 e. The first-order chi connectivity index (χ1) is 15.0. The van der Waals surface area contributed by atoms with E-state index < -0.39 is 17.3 Å². The standard InChI is InChI=1S/C24H20O7/c1-29-15-8-4-6-12(11-25)18(15)21-17(31-3)10-14-20(24(21)28)22(26)13-7-5-9-16(30-2)19(13)23(14)27/h4-10,25,28H,11H2,1-3H3. The monoisotopic (exact) mass is 420 g/mol. The summed E-state index contributed by atoms with van der Waals surface area (Å²) in [5.41, 5.74) is 1.17. The highest BCUT2D eigenvalue weighted by Gasteiger charge is 2.37. The van der Waals surface area contributed by atoms with Gasteiger partial charge in [-0.05, 0) is 23.8 Å². The molecular formula is C24H20O7. The third-order valence-electron chi connectivity index (χ3n) is 5.43. The molecule has 0 unspecified atom stereocenters. The molecule has 3 aromatic rings. The van der Waals surface area contributed by atoms with Crippen LogP contribution in [0.1, 0.15) is 37.4 Å². The topological polar surface area (TPSA) is 102 Å². The number of benzene rings is 3. The minimum Gasteiger partial charge on any atom is -0.506 e. The van der Waals surface area contributed by atoms with Gasteiger partial charge in [0.25, 0.3) is 0 Å². The number of carbonyl (C=O) groups excluding carboxylic acids is 2. The molecule has 1 aliphatic rings. The van der Waals surface area contributed by atoms with Crippen LogP contribution in [0.15, 0.2) is 42.5 Å². The Balaban J connectivity index is 2.08. The Bertz CT molecular complexity index is 1200. The van der Waals surface area contributed by atoms with Crippen LogP contribution in [0, 0.1) is 0 Å². The largest absolute Gasteiger partial charge is 0.506 e. The van der Waals surface area contributed by atoms with Gasteiger partial charge in [0, 0.05) is 16.7 Å². The van der Waals surface area contributed by atoms with Crippen LogP contribution in [-0.2, 0) is 6.61 Å². The molecule has 31 heavy (non-hydrogen) atoms. The van der Waals surface area contributed by atoms with E-state index in [2.05, 4.69) is 0 Å². The molecule has 158 valence electrons. The number of aliphatic hydroxyl groups is 1. The third-order valence-corrected chi connectivity index (χ3v) is 5.43. The van der Waals surface area contributed by atoms with Crippen molar-refractivity contribution < 1.29 is 34.0 Å². The van der Waals surface area contributed by atoms with E-state index in [0.717, 1.165) is 0 Å². The normalized spacial score (nSPS) is 12.3. The Morgan fingerprint density at radius 3 is 1.90 bits per heavy atom. The molecule has 0 aliphatic heterocycles. The van der Waals surface area contributed by atoms with Crippen LogP contribution in [0.25, 0.3) is 11.1 Å². The number of fused-ring (bicyclic) bond motifs is 2. The fourth-order valence-electron chi connectivity index (χ4n) is 4.01. The predicted molar refractivity (Wildman–Crippen MR) is 112 cm³/mol. The van der Waals surface area contributed by atoms with Crippen LogP contribution in [0.2, 0.25) is 0 Å². The van der Waals surface area contributed by atoms with Crippen molar-refractivity contribution in [2.24, 2.45) is 0 Å². The van der Waals surface area contributed by atoms with Gasteiger partial charge in [0.1, 0.15) is 23.0 Å². The van der Waals surface area contributed by atoms with Crippen molar-refractivity contribution in [2.45, 2.75) is 6.61 Å². The summed E-state index contributed by atoms with van der Waals surface area (Å²) in [6, 6.07) is 11.2. The Morgan fingerprint density at radius 1 is 0.710 bits per heavy atom. The highest BCUT2D eigenvalue weighted by molar-refractivity contribution is 6.31. The van der Waals surface area contributed by atoms with E-state index in [0.29, 0.717) is 16.9 Å². The SMILES string of the molecule is COc1cccc2c1C(=O)c1cc(OC)c(-c3c(CO)cccc3OC)c(O)c1C2=O. The van der Waals surface area contributed by atoms with Gasteiger partial charge in [0.2, 0.25) is 0 Å². The van der Waals surface area contributed by atoms with Crippen LogP contribution in [0.5, 0.6) is 23.0 Å². The molecule has 0 saturated carbocycles. The number of rotatable bonds is 5. The number of phenolic OH excluding ortho intramolecular Hbond substituents is 1. The van der Waals surface area contributed by atoms with Gasteiger partial charge in [-0.15, -0.1) is 0 Å². The van der Waals surface area contributed by atoms with Gasteiger partial charge < -0.3 is 24.4 Å². The van der Waals surface area contributed by atoms with E-state index in [1.54, 1.807) is 30.3 Å². The zero-order valence-electron chi connectivity index (χ0n) is 17.2. The van der Waals surface area contributed by atoms with E-state index in [9.17, 15) is 19.8 Å². The van der Waals surface area contributed by atoms with Gasteiger partial charge in [-0.25, -0.2) is 0 Å². The van der Waals surface area contributed by atoms with Gasteiger partial charge in [0.15, 0.2) is 11.6 Å². The summed E-state index contributed by atoms with van der Waals surface area (Å²) in [4.78, 5) is 26.6. The summed E-state index contributed by atoms with van der Waals surface area (Å²) >= 11 is 0. The van der Waals surface area contributed by atoms with E-state index >= 15 is 0 Å². The van der Waals surface area contributed by atoms with Crippen molar-refractivity contribution in [2.75, 3.05) is 21.3 Å². The fraction of sp³-hybridized carbons (Fsp3) is 0.167. The maximum Gasteiger partial charge on any atom is 0.198 e. The number of aromatic hydroxyl groups is 1. The zero-order chi connectivity index (χ0) is 22.3. The molecule has 0 saturated heterocycles. The molecule has 0 spiro atoms. The van der Waals surface area contributed by atoms with Crippen molar-refractivity contribution in [3.8, 4) is 34.1 Å². The highest BCUT2D eigenvalue weighted by atomic mass is 16.5. The van der Waals surface area contributed by atoms with E-state index in [1.165, 1.54) is 33.5 Å². The van der Waals surface area contributed by atoms with E-state index in [1.807, 2.05) is 0 Å². The predicted octanol–water partition coefficient (Wildman–Crippen LogP) is 3.35. The number of phenols is 1. The molecule has 7 nitrogen and oxygen atoms in total. The van der Waals surface area contributed by atoms with Crippen LogP contribution in [-0.4, -0.2) is 43.1 Å². The lowest BCUT2D eigenvalue weighted by Gasteiger charge is -2.24. The lowest BCUT2D eigenvalue weighted by Crippen LogP contribution is -2.22. The van der Waals surface area contributed by atoms with Gasteiger partial charge in [0.05, 0.1) is 44.6 Å². The lowest BCUT2D eigenvalue weighted by molar-refractivity contribution is 0.0974. The maximum atomic E-state index is 13.3. The minimum absolute atomic E-state index is 0.0144. The number of hydrogen-bond donors (Lipinski definition) is 2. The number of ether oxygens (including phenoxy) is 3. The van der Waals surface area contributed by atoms with Gasteiger partial charge in [-0.1, -0.05) is 24.3 Å². The summed E-state index contributed by atoms with van der Waals surface area (Å²) in [5.74, 6) is -0.571. The lowest BCUT2D eigenvalue weighted by atomic mass is 9.80. The average molecular weight is 420 g/mol. The van der Waals surface area contributed by atoms with Crippen molar-refractivity contribution in [1.29, 1.82) is 0 Å². The van der Waals surface area contributed by atoms with Crippen molar-refractivity contribution >= 4 is 11.6 Å². The molecule has 7 heteroatoms. The quantitative estimate of drug-likeness (QED) is 0.510. The molecule has 0 amide bonds. The maximum absolute atomic E-state index is 13.3. The molecule has 2 N–H and O–H groups in total. The molecule has 1 aliphatic carbocycles. The first kappa shape index (κ1) is 20.4. The molecule has 0 atom stereocenters. The summed E-state index contributed by atoms with van der Waals surface area (Å²) in [5, 5.41) is 21.1. The summed E-state index contributed by atoms with van der Waals surface area (Å²) in [7, 11) is 4.27. The highest BCUT2D eigenvalue weighted by Crippen LogP contribution is 2.49. The van der Waals surface area contributed by atoms with Gasteiger partial charge in [-0.3, -0.25) is 9.59 Å². The Hall–Kier alpha value is -3.84. The molecular weight excluding hydrogens is 400 g/mol. The summed E-state index contributed by atoms with van der Waals surface area (Å²) in [6.45, 7) is -0.334. The van der Waals surface area contributed by atoms with Crippen molar-refractivity contribution in [1.82, 2.24) is 0 Å². The van der Waals surface area contributed by atoms with Gasteiger partial charge in [-0.2, -0.15) is 0 Å². The average Bonchev–Trinajstić information content (AvgIpc) is 2.80. The third kappa shape index (κ3) is 2.93. The number of ketones is 2. The van der Waals surface area contributed by atoms with E-state index in [-0.39, 0.29) is 45.9 Å². The summed E-state index contributed by atoms with van der Waals surface area (Å²) in [6.07, 6.45) is 0. The second-order valence-corrected chi connectivity index (χ2v) is 6.92. The first-order valence-electron chi connectivity index (χ1n) is 9.45. The number of hydrogen-bond acceptors (Lipinski definition) is 7. The Morgan fingerprint density at radius 2 is 1.29 bits per heavy atom. The van der Waals surface area contributed by atoms with E-state index in [4.69, 9.17) is 14.2 Å². The van der Waals surface area contributed by atoms with Crippen molar-refractivity contribution in [3.05, 3.63) is 70.3 Å². The molecule has 0 fully saturated rings. The Kier molecular flexibility index (Phi) is 5.12. The number of carbonyl (C=O) groups is 2. The second kappa shape index (κ2) is 7.77. The molecule has 4 rings (SSSR count). The fourth-order valence-corrected chi connectivity index (χ4v) is 4.01. The van der Waals surface area contributed by atoms with Crippen LogP contribution < -0.4 is 14.2 Å². The molecule has 0 aromatic heterocycles. The minimum atomic E-state index is -0.509. The van der Waals surface area contributed by atoms with Crippen LogP contribution >= 0.6 is 0 Å². The van der Waals surface area contributed by atoms with Crippen LogP contribution in [0.3, 0.4) is 0 Å². The molecule has 0 bridgehead atoms. The Labute approximate surface area is 178 Å². The van der Waals surface area contributed by atoms with Crippen LogP contribution in [0.4, 0.5) is 0 Å². The van der Waals surface area contributed by atoms with Crippen molar-refractivity contribution in [3.63, 3.8) is 0 Å². The molecule has 0 heterocycles. The summed E-state index contributed by atoms with van der Waals surface area (Å²) < 4.78 is 16.2. The zero-order valence-corrected chi connectivity index (χ0v) is 17.2. The first-order valence-corrected chi connectivity index (χ1v) is 9.45. The molecule has 3 aromatic carbocycles.